The summed E-state index contributed by atoms with van der Waals surface area (Å²) in [6.07, 6.45) is 4.90. The van der Waals surface area contributed by atoms with E-state index in [4.69, 9.17) is 4.74 Å². The molecule has 3 unspecified atom stereocenters. The smallest absolute Gasteiger partial charge is 0.0821 e. The van der Waals surface area contributed by atoms with Gasteiger partial charge in [0.25, 0.3) is 0 Å². The van der Waals surface area contributed by atoms with Crippen molar-refractivity contribution < 1.29 is 4.74 Å². The normalized spacial score (nSPS) is 60.6. The summed E-state index contributed by atoms with van der Waals surface area (Å²) < 4.78 is 5.34. The molecule has 0 amide bonds. The standard InChI is InChI=1S/C6H6O/c1-3-4(1)6-2-5(3)7-6/h1,3,5-6H,2H2. The lowest BCUT2D eigenvalue weighted by Crippen LogP contribution is -2.29. The second-order valence-corrected chi connectivity index (χ2v) is 2.59. The van der Waals surface area contributed by atoms with Crippen LogP contribution < -0.4 is 0 Å². The average molecular weight is 94.1 g/mol. The van der Waals surface area contributed by atoms with Gasteiger partial charge >= 0.3 is 0 Å². The predicted molar refractivity (Wildman–Crippen MR) is 24.9 cm³/mol. The van der Waals surface area contributed by atoms with Gasteiger partial charge < -0.3 is 4.74 Å². The molecule has 3 fully saturated rings. The van der Waals surface area contributed by atoms with Crippen molar-refractivity contribution >= 4 is 0 Å². The summed E-state index contributed by atoms with van der Waals surface area (Å²) in [5, 5.41) is 0. The van der Waals surface area contributed by atoms with Crippen LogP contribution >= 0.6 is 0 Å². The fraction of sp³-hybridized carbons (Fsp3) is 0.667. The Labute approximate surface area is 42.0 Å². The first-order valence-corrected chi connectivity index (χ1v) is 2.82. The molecule has 2 aliphatic heterocycles. The molecule has 0 aromatic carbocycles. The molecule has 4 rings (SSSR count). The Morgan fingerprint density at radius 3 is 2.71 bits per heavy atom. The number of hydrogen-bond donors (Lipinski definition) is 0. The van der Waals surface area contributed by atoms with E-state index in [1.54, 1.807) is 5.57 Å². The molecular formula is C6H6O. The van der Waals surface area contributed by atoms with Crippen LogP contribution in [0.3, 0.4) is 0 Å². The van der Waals surface area contributed by atoms with Crippen molar-refractivity contribution in [2.75, 3.05) is 0 Å². The summed E-state index contributed by atoms with van der Waals surface area (Å²) in [5.74, 6) is 0.824. The van der Waals surface area contributed by atoms with Gasteiger partial charge in [0.15, 0.2) is 0 Å². The van der Waals surface area contributed by atoms with E-state index in [2.05, 4.69) is 6.08 Å². The molecule has 2 heterocycles. The van der Waals surface area contributed by atoms with Gasteiger partial charge in [0.2, 0.25) is 0 Å². The Morgan fingerprint density at radius 2 is 2.57 bits per heavy atom. The molecule has 0 aromatic rings. The monoisotopic (exact) mass is 94.0 g/mol. The maximum atomic E-state index is 5.34. The van der Waals surface area contributed by atoms with E-state index >= 15 is 0 Å². The van der Waals surface area contributed by atoms with Crippen molar-refractivity contribution in [2.45, 2.75) is 18.6 Å². The Kier molecular flexibility index (Phi) is 0.239. The van der Waals surface area contributed by atoms with Gasteiger partial charge in [-0.05, 0) is 5.57 Å². The molecule has 1 heteroatoms. The van der Waals surface area contributed by atoms with E-state index in [1.807, 2.05) is 0 Å². The van der Waals surface area contributed by atoms with Gasteiger partial charge in [-0.2, -0.15) is 0 Å². The molecule has 1 nitrogen and oxygen atoms in total. The zero-order valence-corrected chi connectivity index (χ0v) is 3.92. The van der Waals surface area contributed by atoms with Gasteiger partial charge in [-0.1, -0.05) is 6.08 Å². The summed E-state index contributed by atoms with van der Waals surface area (Å²) in [6.45, 7) is 0. The largest absolute Gasteiger partial charge is 0.369 e. The first-order valence-electron chi connectivity index (χ1n) is 2.82. The molecule has 2 aliphatic carbocycles. The van der Waals surface area contributed by atoms with Crippen LogP contribution in [0.5, 0.6) is 0 Å². The Hall–Kier alpha value is -0.300. The summed E-state index contributed by atoms with van der Waals surface area (Å²) in [6, 6.07) is 0. The van der Waals surface area contributed by atoms with Crippen molar-refractivity contribution in [3.63, 3.8) is 0 Å². The Morgan fingerprint density at radius 1 is 1.71 bits per heavy atom. The van der Waals surface area contributed by atoms with Crippen LogP contribution in [0.2, 0.25) is 0 Å². The van der Waals surface area contributed by atoms with Crippen molar-refractivity contribution in [1.82, 2.24) is 0 Å². The third kappa shape index (κ3) is 0.166. The van der Waals surface area contributed by atoms with Gasteiger partial charge in [0, 0.05) is 12.3 Å². The number of ether oxygens (including phenoxy) is 1. The highest BCUT2D eigenvalue weighted by Crippen LogP contribution is 2.55. The van der Waals surface area contributed by atoms with Gasteiger partial charge in [0.05, 0.1) is 12.2 Å². The van der Waals surface area contributed by atoms with E-state index in [1.165, 1.54) is 6.42 Å². The predicted octanol–water partition coefficient (Wildman–Crippen LogP) is 0.714. The fourth-order valence-corrected chi connectivity index (χ4v) is 1.66. The molecule has 0 spiro atoms. The van der Waals surface area contributed by atoms with Crippen LogP contribution in [0.25, 0.3) is 0 Å². The van der Waals surface area contributed by atoms with E-state index in [0.29, 0.717) is 12.2 Å². The molecule has 0 radical (unpaired) electrons. The highest BCUT2D eigenvalue weighted by Gasteiger charge is 2.55. The first kappa shape index (κ1) is 2.88. The van der Waals surface area contributed by atoms with Crippen LogP contribution in [-0.4, -0.2) is 12.2 Å². The number of rotatable bonds is 0. The van der Waals surface area contributed by atoms with Crippen LogP contribution in [-0.2, 0) is 4.74 Å². The lowest BCUT2D eigenvalue weighted by Gasteiger charge is -2.26. The van der Waals surface area contributed by atoms with E-state index in [0.717, 1.165) is 5.92 Å². The lowest BCUT2D eigenvalue weighted by molar-refractivity contribution is -0.0692. The lowest BCUT2D eigenvalue weighted by atomic mass is 10.1. The molecule has 0 aromatic heterocycles. The molecule has 1 saturated carbocycles. The second kappa shape index (κ2) is 0.583. The molecular weight excluding hydrogens is 88.1 g/mol. The second-order valence-electron chi connectivity index (χ2n) is 2.59. The minimum Gasteiger partial charge on any atom is -0.369 e. The zero-order valence-electron chi connectivity index (χ0n) is 3.92. The highest BCUT2D eigenvalue weighted by atomic mass is 16.5. The van der Waals surface area contributed by atoms with Gasteiger partial charge in [0.1, 0.15) is 0 Å². The van der Waals surface area contributed by atoms with Crippen molar-refractivity contribution in [1.29, 1.82) is 0 Å². The molecule has 2 bridgehead atoms. The van der Waals surface area contributed by atoms with Crippen molar-refractivity contribution in [3.8, 4) is 0 Å². The zero-order chi connectivity index (χ0) is 4.43. The SMILES string of the molecule is C1=C2C3CC(O3)C12. The molecule has 4 aliphatic rings. The summed E-state index contributed by atoms with van der Waals surface area (Å²) in [7, 11) is 0. The van der Waals surface area contributed by atoms with E-state index in [-0.39, 0.29) is 0 Å². The third-order valence-corrected chi connectivity index (χ3v) is 2.21. The minimum absolute atomic E-state index is 0.593. The molecule has 2 saturated heterocycles. The maximum Gasteiger partial charge on any atom is 0.0821 e. The molecule has 7 heavy (non-hydrogen) atoms. The van der Waals surface area contributed by atoms with Crippen LogP contribution in [0, 0.1) is 5.92 Å². The number of hydrogen-bond acceptors (Lipinski definition) is 1. The summed E-state index contributed by atoms with van der Waals surface area (Å²) in [4.78, 5) is 0. The quantitative estimate of drug-likeness (QED) is 0.402. The third-order valence-electron chi connectivity index (χ3n) is 2.21. The van der Waals surface area contributed by atoms with Crippen LogP contribution in [0.15, 0.2) is 11.6 Å². The van der Waals surface area contributed by atoms with Crippen LogP contribution in [0.1, 0.15) is 6.42 Å². The fourth-order valence-electron chi connectivity index (χ4n) is 1.66. The molecule has 36 valence electrons. The van der Waals surface area contributed by atoms with E-state index < -0.39 is 0 Å². The molecule has 0 N–H and O–H groups in total. The molecule has 3 atom stereocenters. The van der Waals surface area contributed by atoms with Crippen molar-refractivity contribution in [2.24, 2.45) is 5.92 Å². The average Bonchev–Trinajstić information content (AvgIpc) is 2.10. The Balaban J connectivity index is 2.19. The highest BCUT2D eigenvalue weighted by molar-refractivity contribution is 5.43. The maximum absolute atomic E-state index is 5.34. The summed E-state index contributed by atoms with van der Waals surface area (Å²) >= 11 is 0. The minimum atomic E-state index is 0.593. The topological polar surface area (TPSA) is 9.23 Å². The van der Waals surface area contributed by atoms with E-state index in [9.17, 15) is 0 Å². The van der Waals surface area contributed by atoms with Gasteiger partial charge in [-0.25, -0.2) is 0 Å². The van der Waals surface area contributed by atoms with Crippen molar-refractivity contribution in [3.05, 3.63) is 11.6 Å². The van der Waals surface area contributed by atoms with Gasteiger partial charge in [-0.15, -0.1) is 0 Å². The first-order chi connectivity index (χ1) is 3.45. The Bertz CT molecular complexity index is 154. The summed E-state index contributed by atoms with van der Waals surface area (Å²) in [5.41, 5.74) is 1.60. The van der Waals surface area contributed by atoms with Gasteiger partial charge in [-0.3, -0.25) is 0 Å². The van der Waals surface area contributed by atoms with Crippen LogP contribution in [0.4, 0.5) is 0 Å².